The number of carbonyl (C=O) groups is 2. The summed E-state index contributed by atoms with van der Waals surface area (Å²) in [4.78, 5) is 23.8. The average Bonchev–Trinajstić information content (AvgIpc) is 3.21. The maximum Gasteiger partial charge on any atom is 0.573 e. The Bertz CT molecular complexity index is 1450. The van der Waals surface area contributed by atoms with Crippen molar-refractivity contribution in [2.24, 2.45) is 0 Å². The van der Waals surface area contributed by atoms with Crippen molar-refractivity contribution in [2.45, 2.75) is 23.7 Å². The van der Waals surface area contributed by atoms with Crippen molar-refractivity contribution >= 4 is 21.8 Å². The second-order valence-corrected chi connectivity index (χ2v) is 10.4. The Morgan fingerprint density at radius 2 is 1.86 bits per heavy atom. The fourth-order valence-corrected chi connectivity index (χ4v) is 4.91. The van der Waals surface area contributed by atoms with Crippen molar-refractivity contribution in [3.63, 3.8) is 0 Å². The van der Waals surface area contributed by atoms with Gasteiger partial charge in [-0.05, 0) is 47.9 Å². The highest BCUT2D eigenvalue weighted by Gasteiger charge is 2.33. The van der Waals surface area contributed by atoms with Gasteiger partial charge in [-0.15, -0.1) is 13.2 Å². The van der Waals surface area contributed by atoms with Crippen LogP contribution < -0.4 is 15.4 Å². The van der Waals surface area contributed by atoms with Gasteiger partial charge in [-0.3, -0.25) is 4.79 Å². The second-order valence-electron chi connectivity index (χ2n) is 8.42. The van der Waals surface area contributed by atoms with Gasteiger partial charge in [-0.25, -0.2) is 13.2 Å². The molecule has 1 aliphatic rings. The van der Waals surface area contributed by atoms with E-state index in [4.69, 9.17) is 5.11 Å². The van der Waals surface area contributed by atoms with Crippen LogP contribution in [0, 0.1) is 0 Å². The minimum atomic E-state index is -4.90. The molecule has 0 fully saturated rings. The highest BCUT2D eigenvalue weighted by Crippen LogP contribution is 2.40. The Morgan fingerprint density at radius 1 is 1.16 bits per heavy atom. The average molecular weight is 538 g/mol. The molecule has 3 N–H and O–H groups in total. The van der Waals surface area contributed by atoms with E-state index >= 15 is 0 Å². The third kappa shape index (κ3) is 5.88. The van der Waals surface area contributed by atoms with Gasteiger partial charge in [0.05, 0.1) is 16.6 Å². The number of fused-ring (bicyclic) bond motifs is 1. The van der Waals surface area contributed by atoms with E-state index in [1.165, 1.54) is 24.3 Å². The summed E-state index contributed by atoms with van der Waals surface area (Å²) in [6, 6.07) is 12.4. The van der Waals surface area contributed by atoms with Crippen molar-refractivity contribution in [3.05, 3.63) is 60.3 Å². The lowest BCUT2D eigenvalue weighted by atomic mass is 10.0. The molecule has 0 bridgehead atoms. The number of aromatic nitrogens is 1. The summed E-state index contributed by atoms with van der Waals surface area (Å²) in [7, 11) is -3.49. The van der Waals surface area contributed by atoms with E-state index in [0.29, 0.717) is 28.8 Å². The van der Waals surface area contributed by atoms with Crippen LogP contribution >= 0.6 is 0 Å². The van der Waals surface area contributed by atoms with Gasteiger partial charge in [0.15, 0.2) is 9.84 Å². The van der Waals surface area contributed by atoms with Crippen LogP contribution in [0.2, 0.25) is 0 Å². The molecule has 9 nitrogen and oxygen atoms in total. The number of carboxylic acid groups (broad SMARTS) is 1. The van der Waals surface area contributed by atoms with Gasteiger partial charge in [0.2, 0.25) is 0 Å². The second kappa shape index (κ2) is 9.81. The number of hydrogen-bond acceptors (Lipinski definition) is 5. The molecule has 2 aromatic carbocycles. The number of sulfone groups is 1. The van der Waals surface area contributed by atoms with Gasteiger partial charge >= 0.3 is 12.5 Å². The van der Waals surface area contributed by atoms with Crippen LogP contribution in [0.3, 0.4) is 0 Å². The zero-order chi connectivity index (χ0) is 27.0. The van der Waals surface area contributed by atoms with Gasteiger partial charge < -0.3 is 25.0 Å². The predicted octanol–water partition coefficient (Wildman–Crippen LogP) is 4.07. The van der Waals surface area contributed by atoms with Gasteiger partial charge in [0.1, 0.15) is 11.4 Å². The van der Waals surface area contributed by atoms with Crippen LogP contribution in [0.25, 0.3) is 22.4 Å². The maximum atomic E-state index is 12.8. The van der Waals surface area contributed by atoms with Crippen molar-refractivity contribution in [3.8, 4) is 28.1 Å². The quantitative estimate of drug-likeness (QED) is 0.417. The van der Waals surface area contributed by atoms with Crippen molar-refractivity contribution in [1.82, 2.24) is 15.2 Å². The van der Waals surface area contributed by atoms with Crippen molar-refractivity contribution in [1.29, 1.82) is 0 Å². The smallest absolute Gasteiger partial charge is 0.465 e. The first-order valence-electron chi connectivity index (χ1n) is 11.0. The van der Waals surface area contributed by atoms with Gasteiger partial charge in [0.25, 0.3) is 5.91 Å². The molecule has 3 aromatic rings. The third-order valence-electron chi connectivity index (χ3n) is 5.82. The molecular formula is C24H22F3N3O6S. The van der Waals surface area contributed by atoms with E-state index in [1.807, 2.05) is 0 Å². The first kappa shape index (κ1) is 26.1. The monoisotopic (exact) mass is 537 g/mol. The van der Waals surface area contributed by atoms with E-state index in [9.17, 15) is 31.2 Å². The summed E-state index contributed by atoms with van der Waals surface area (Å²) in [5.74, 6) is -0.857. The molecule has 1 aliphatic heterocycles. The molecule has 1 aromatic heterocycles. The van der Waals surface area contributed by atoms with Crippen LogP contribution in [0.15, 0.2) is 59.5 Å². The molecular weight excluding hydrogens is 515 g/mol. The van der Waals surface area contributed by atoms with E-state index < -0.39 is 40.0 Å². The number of hydrogen-bond donors (Lipinski definition) is 3. The highest BCUT2D eigenvalue weighted by atomic mass is 32.2. The molecule has 2 heterocycles. The molecule has 0 aliphatic carbocycles. The third-order valence-corrected chi connectivity index (χ3v) is 6.95. The number of carbonyl (C=O) groups excluding carboxylic acids is 1. The SMILES string of the molecule is CS(=O)(=O)c1ccc(-c2c(-c3cccc(OC(F)(F)F)c3)cc3n2[C@@H](CCNC(=O)O)CNC3=O)cc1. The molecule has 13 heteroatoms. The number of rotatable bonds is 7. The zero-order valence-electron chi connectivity index (χ0n) is 19.4. The zero-order valence-corrected chi connectivity index (χ0v) is 20.2. The van der Waals surface area contributed by atoms with Gasteiger partial charge in [-0.2, -0.15) is 0 Å². The van der Waals surface area contributed by atoms with Crippen LogP contribution in [-0.4, -0.2) is 55.8 Å². The lowest BCUT2D eigenvalue weighted by molar-refractivity contribution is -0.274. The topological polar surface area (TPSA) is 127 Å². The van der Waals surface area contributed by atoms with Gasteiger partial charge in [0, 0.05) is 24.9 Å². The molecule has 4 rings (SSSR count). The number of nitrogens with one attached hydrogen (secondary N) is 2. The maximum absolute atomic E-state index is 12.8. The van der Waals surface area contributed by atoms with E-state index in [2.05, 4.69) is 15.4 Å². The number of halogens is 3. The van der Waals surface area contributed by atoms with Crippen LogP contribution in [0.5, 0.6) is 5.75 Å². The minimum absolute atomic E-state index is 0.0729. The summed E-state index contributed by atoms with van der Waals surface area (Å²) < 4.78 is 68.2. The number of ether oxygens (including phenoxy) is 1. The molecule has 2 amide bonds. The number of nitrogens with zero attached hydrogens (tertiary/aromatic N) is 1. The Balaban J connectivity index is 1.89. The molecule has 0 spiro atoms. The first-order valence-corrected chi connectivity index (χ1v) is 12.9. The fourth-order valence-electron chi connectivity index (χ4n) is 4.28. The molecule has 37 heavy (non-hydrogen) atoms. The normalized spacial score (nSPS) is 15.6. The summed E-state index contributed by atoms with van der Waals surface area (Å²) in [5.41, 5.74) is 1.96. The van der Waals surface area contributed by atoms with Crippen molar-refractivity contribution in [2.75, 3.05) is 19.3 Å². The Morgan fingerprint density at radius 3 is 2.49 bits per heavy atom. The van der Waals surface area contributed by atoms with E-state index in [1.54, 1.807) is 28.8 Å². The molecule has 0 unspecified atom stereocenters. The van der Waals surface area contributed by atoms with Crippen molar-refractivity contribution < 1.29 is 41.0 Å². The van der Waals surface area contributed by atoms with Crippen LogP contribution in [-0.2, 0) is 9.84 Å². The molecule has 1 atom stereocenters. The molecule has 196 valence electrons. The van der Waals surface area contributed by atoms with E-state index in [-0.39, 0.29) is 23.7 Å². The number of benzene rings is 2. The lowest BCUT2D eigenvalue weighted by Crippen LogP contribution is -2.40. The standard InChI is InChI=1S/C24H22F3N3O6S/c1-37(34,35)18-7-5-14(6-8-18)21-19(15-3-2-4-17(11-15)36-24(25,26)27)12-20-22(31)29-13-16(30(20)21)9-10-28-23(32)33/h2-8,11-12,16,28H,9-10,13H2,1H3,(H,29,31)(H,32,33)/t16-/m0/s1. The first-order chi connectivity index (χ1) is 17.3. The fraction of sp³-hybridized carbons (Fsp3) is 0.250. The minimum Gasteiger partial charge on any atom is -0.465 e. The summed E-state index contributed by atoms with van der Waals surface area (Å²) in [5, 5.41) is 14.0. The summed E-state index contributed by atoms with van der Waals surface area (Å²) >= 11 is 0. The van der Waals surface area contributed by atoms with Crippen LogP contribution in [0.1, 0.15) is 23.0 Å². The Kier molecular flexibility index (Phi) is 6.91. The largest absolute Gasteiger partial charge is 0.573 e. The number of alkyl halides is 3. The summed E-state index contributed by atoms with van der Waals surface area (Å²) in [6.45, 7) is 0.275. The number of amides is 2. The van der Waals surface area contributed by atoms with Gasteiger partial charge in [-0.1, -0.05) is 24.3 Å². The van der Waals surface area contributed by atoms with E-state index in [0.717, 1.165) is 12.3 Å². The predicted molar refractivity (Wildman–Crippen MR) is 127 cm³/mol. The lowest BCUT2D eigenvalue weighted by Gasteiger charge is -2.29. The van der Waals surface area contributed by atoms with Crippen LogP contribution in [0.4, 0.5) is 18.0 Å². The summed E-state index contributed by atoms with van der Waals surface area (Å²) in [6.07, 6.45) is -4.73. The molecule has 0 saturated carbocycles. The molecule has 0 radical (unpaired) electrons. The highest BCUT2D eigenvalue weighted by molar-refractivity contribution is 7.90. The Hall–Kier alpha value is -4.00. The molecule has 0 saturated heterocycles. The Labute approximate surface area is 209 Å².